The molecule has 1 aliphatic rings. The number of fused-ring (bicyclic) bond motifs is 2. The SMILES string of the molecule is O=C1CCN(C(=O)CSc2nc3ccccc3s2)c2ccccc21. The fourth-order valence-electron chi connectivity index (χ4n) is 2.79. The molecule has 0 bridgehead atoms. The number of nitrogens with zero attached hydrogens (tertiary/aromatic N) is 2. The number of hydrogen-bond acceptors (Lipinski definition) is 5. The van der Waals surface area contributed by atoms with Crippen molar-refractivity contribution in [3.05, 3.63) is 54.1 Å². The number of carbonyl (C=O) groups is 2. The average Bonchev–Trinajstić information content (AvgIpc) is 3.03. The van der Waals surface area contributed by atoms with Gasteiger partial charge in [0.2, 0.25) is 5.91 Å². The molecule has 3 aromatic rings. The van der Waals surface area contributed by atoms with Crippen LogP contribution >= 0.6 is 23.1 Å². The molecule has 0 saturated heterocycles. The van der Waals surface area contributed by atoms with Gasteiger partial charge in [-0.3, -0.25) is 9.59 Å². The minimum atomic E-state index is 0.0132. The predicted octanol–water partition coefficient (Wildman–Crippen LogP) is 4.01. The van der Waals surface area contributed by atoms with Crippen molar-refractivity contribution in [2.45, 2.75) is 10.8 Å². The van der Waals surface area contributed by atoms with Gasteiger partial charge < -0.3 is 4.90 Å². The molecule has 0 atom stereocenters. The van der Waals surface area contributed by atoms with Gasteiger partial charge in [-0.1, -0.05) is 36.0 Å². The number of carbonyl (C=O) groups excluding carboxylic acids is 2. The number of anilines is 1. The maximum absolute atomic E-state index is 12.6. The predicted molar refractivity (Wildman–Crippen MR) is 98.1 cm³/mol. The molecule has 0 saturated carbocycles. The highest BCUT2D eigenvalue weighted by molar-refractivity contribution is 8.01. The van der Waals surface area contributed by atoms with Crippen LogP contribution < -0.4 is 4.90 Å². The van der Waals surface area contributed by atoms with E-state index in [1.54, 1.807) is 22.3 Å². The summed E-state index contributed by atoms with van der Waals surface area (Å²) in [6, 6.07) is 15.3. The highest BCUT2D eigenvalue weighted by Gasteiger charge is 2.26. The van der Waals surface area contributed by atoms with E-state index < -0.39 is 0 Å². The van der Waals surface area contributed by atoms with Crippen LogP contribution in [-0.4, -0.2) is 29.0 Å². The number of thiazole rings is 1. The summed E-state index contributed by atoms with van der Waals surface area (Å²) < 4.78 is 2.02. The zero-order valence-electron chi connectivity index (χ0n) is 12.8. The topological polar surface area (TPSA) is 50.3 Å². The molecular weight excluding hydrogens is 340 g/mol. The first-order valence-corrected chi connectivity index (χ1v) is 9.43. The van der Waals surface area contributed by atoms with E-state index in [4.69, 9.17) is 0 Å². The third kappa shape index (κ3) is 2.83. The Morgan fingerprint density at radius 1 is 1.17 bits per heavy atom. The summed E-state index contributed by atoms with van der Waals surface area (Å²) in [4.78, 5) is 30.9. The quantitative estimate of drug-likeness (QED) is 0.667. The van der Waals surface area contributed by atoms with E-state index in [0.29, 0.717) is 24.3 Å². The zero-order valence-corrected chi connectivity index (χ0v) is 14.4. The van der Waals surface area contributed by atoms with Crippen molar-refractivity contribution in [3.63, 3.8) is 0 Å². The molecule has 2 aromatic carbocycles. The van der Waals surface area contributed by atoms with Gasteiger partial charge in [-0.05, 0) is 24.3 Å². The van der Waals surface area contributed by atoms with E-state index in [1.165, 1.54) is 11.8 Å². The highest BCUT2D eigenvalue weighted by atomic mass is 32.2. The second-order valence-corrected chi connectivity index (χ2v) is 7.72. The minimum Gasteiger partial charge on any atom is -0.311 e. The van der Waals surface area contributed by atoms with E-state index in [1.807, 2.05) is 42.5 Å². The molecule has 24 heavy (non-hydrogen) atoms. The number of rotatable bonds is 3. The lowest BCUT2D eigenvalue weighted by atomic mass is 10.0. The van der Waals surface area contributed by atoms with Gasteiger partial charge in [-0.2, -0.15) is 0 Å². The lowest BCUT2D eigenvalue weighted by Crippen LogP contribution is -2.38. The van der Waals surface area contributed by atoms with Crippen LogP contribution in [0, 0.1) is 0 Å². The van der Waals surface area contributed by atoms with E-state index in [0.717, 1.165) is 20.2 Å². The fraction of sp³-hybridized carbons (Fsp3) is 0.167. The van der Waals surface area contributed by atoms with Crippen LogP contribution in [0.25, 0.3) is 10.2 Å². The Hall–Kier alpha value is -2.18. The average molecular weight is 354 g/mol. The van der Waals surface area contributed by atoms with Gasteiger partial charge in [0, 0.05) is 18.5 Å². The monoisotopic (exact) mass is 354 g/mol. The molecule has 6 heteroatoms. The number of aromatic nitrogens is 1. The minimum absolute atomic E-state index is 0.0132. The molecule has 0 radical (unpaired) electrons. The Kier molecular flexibility index (Phi) is 4.08. The van der Waals surface area contributed by atoms with Crippen molar-refractivity contribution in [1.82, 2.24) is 4.98 Å². The second kappa shape index (κ2) is 6.37. The van der Waals surface area contributed by atoms with Crippen LogP contribution in [0.2, 0.25) is 0 Å². The molecule has 1 aliphatic heterocycles. The lowest BCUT2D eigenvalue weighted by molar-refractivity contribution is -0.116. The van der Waals surface area contributed by atoms with Crippen molar-refractivity contribution >= 4 is 50.7 Å². The number of hydrogen-bond donors (Lipinski definition) is 0. The van der Waals surface area contributed by atoms with Gasteiger partial charge in [-0.25, -0.2) is 4.98 Å². The third-order valence-electron chi connectivity index (χ3n) is 3.95. The maximum Gasteiger partial charge on any atom is 0.237 e. The normalized spacial score (nSPS) is 14.0. The molecule has 4 nitrogen and oxygen atoms in total. The molecule has 2 heterocycles. The maximum atomic E-state index is 12.6. The Morgan fingerprint density at radius 2 is 1.96 bits per heavy atom. The lowest BCUT2D eigenvalue weighted by Gasteiger charge is -2.28. The molecule has 4 rings (SSSR count). The summed E-state index contributed by atoms with van der Waals surface area (Å²) in [5, 5.41) is 0. The van der Waals surface area contributed by atoms with Crippen molar-refractivity contribution in [2.75, 3.05) is 17.2 Å². The first-order valence-electron chi connectivity index (χ1n) is 7.63. The molecule has 0 fully saturated rings. The number of benzene rings is 2. The largest absolute Gasteiger partial charge is 0.311 e. The Balaban J connectivity index is 1.50. The number of ketones is 1. The third-order valence-corrected chi connectivity index (χ3v) is 6.12. The Morgan fingerprint density at radius 3 is 2.83 bits per heavy atom. The van der Waals surface area contributed by atoms with Crippen LogP contribution in [0.1, 0.15) is 16.8 Å². The van der Waals surface area contributed by atoms with E-state index >= 15 is 0 Å². The van der Waals surface area contributed by atoms with Crippen LogP contribution in [-0.2, 0) is 4.79 Å². The van der Waals surface area contributed by atoms with Crippen molar-refractivity contribution < 1.29 is 9.59 Å². The summed E-state index contributed by atoms with van der Waals surface area (Å²) in [6.07, 6.45) is 0.383. The van der Waals surface area contributed by atoms with Crippen LogP contribution in [0.3, 0.4) is 0 Å². The summed E-state index contributed by atoms with van der Waals surface area (Å²) >= 11 is 3.05. The van der Waals surface area contributed by atoms with Gasteiger partial charge >= 0.3 is 0 Å². The smallest absolute Gasteiger partial charge is 0.237 e. The summed E-state index contributed by atoms with van der Waals surface area (Å²) in [5.41, 5.74) is 2.33. The second-order valence-electron chi connectivity index (χ2n) is 5.47. The first kappa shape index (κ1) is 15.4. The summed E-state index contributed by atoms with van der Waals surface area (Å²) in [6.45, 7) is 0.453. The summed E-state index contributed by atoms with van der Waals surface area (Å²) in [5.74, 6) is 0.440. The molecule has 0 N–H and O–H groups in total. The van der Waals surface area contributed by atoms with E-state index in [2.05, 4.69) is 4.98 Å². The van der Waals surface area contributed by atoms with Gasteiger partial charge in [0.05, 0.1) is 21.7 Å². The number of Topliss-reactive ketones (excluding diaryl/α,β-unsaturated/α-hetero) is 1. The number of thioether (sulfide) groups is 1. The molecule has 0 aliphatic carbocycles. The zero-order chi connectivity index (χ0) is 16.5. The van der Waals surface area contributed by atoms with Gasteiger partial charge in [0.1, 0.15) is 0 Å². The van der Waals surface area contributed by atoms with E-state index in [9.17, 15) is 9.59 Å². The van der Waals surface area contributed by atoms with Crippen LogP contribution in [0.5, 0.6) is 0 Å². The Labute approximate surface area is 147 Å². The van der Waals surface area contributed by atoms with Crippen molar-refractivity contribution in [3.8, 4) is 0 Å². The standard InChI is InChI=1S/C18H14N2O2S2/c21-15-9-10-20(14-7-3-1-5-12(14)15)17(22)11-23-18-19-13-6-2-4-8-16(13)24-18/h1-8H,9-11H2. The molecule has 1 aromatic heterocycles. The van der Waals surface area contributed by atoms with Crippen molar-refractivity contribution in [1.29, 1.82) is 0 Å². The van der Waals surface area contributed by atoms with Gasteiger partial charge in [0.15, 0.2) is 10.1 Å². The van der Waals surface area contributed by atoms with Gasteiger partial charge in [0.25, 0.3) is 0 Å². The molecule has 1 amide bonds. The Bertz CT molecular complexity index is 902. The molecule has 0 unspecified atom stereocenters. The van der Waals surface area contributed by atoms with Crippen molar-refractivity contribution in [2.24, 2.45) is 0 Å². The molecule has 120 valence electrons. The van der Waals surface area contributed by atoms with Gasteiger partial charge in [-0.15, -0.1) is 11.3 Å². The van der Waals surface area contributed by atoms with Crippen LogP contribution in [0.4, 0.5) is 5.69 Å². The van der Waals surface area contributed by atoms with E-state index in [-0.39, 0.29) is 11.7 Å². The molecule has 0 spiro atoms. The summed E-state index contributed by atoms with van der Waals surface area (Å²) in [7, 11) is 0. The first-order chi connectivity index (χ1) is 11.7. The highest BCUT2D eigenvalue weighted by Crippen LogP contribution is 2.31. The fourth-order valence-corrected chi connectivity index (χ4v) is 4.73. The number of para-hydroxylation sites is 2. The number of amides is 1. The molecular formula is C18H14N2O2S2. The van der Waals surface area contributed by atoms with Crippen LogP contribution in [0.15, 0.2) is 52.9 Å².